The lowest BCUT2D eigenvalue weighted by molar-refractivity contribution is -0.136. The standard InChI is InChI=1S/C17H27N3O3/c1-12(2)14(21)19-10-7-13(11-19)20-15(22)17(18-16(20)23)8-5-3-4-6-9-17/h12-13H,3-11H2,1-2H3,(H,18,23). The number of imide groups is 1. The third kappa shape index (κ3) is 2.83. The van der Waals surface area contributed by atoms with E-state index >= 15 is 0 Å². The van der Waals surface area contributed by atoms with E-state index in [4.69, 9.17) is 0 Å². The lowest BCUT2D eigenvalue weighted by Crippen LogP contribution is -2.48. The largest absolute Gasteiger partial charge is 0.340 e. The van der Waals surface area contributed by atoms with Crippen LogP contribution in [0.3, 0.4) is 0 Å². The van der Waals surface area contributed by atoms with Gasteiger partial charge in [0.05, 0.1) is 6.04 Å². The number of hydrogen-bond acceptors (Lipinski definition) is 3. The van der Waals surface area contributed by atoms with Gasteiger partial charge in [-0.25, -0.2) is 4.79 Å². The molecule has 4 amide bonds. The van der Waals surface area contributed by atoms with Gasteiger partial charge < -0.3 is 10.2 Å². The van der Waals surface area contributed by atoms with E-state index in [1.165, 1.54) is 4.90 Å². The van der Waals surface area contributed by atoms with E-state index in [0.717, 1.165) is 38.5 Å². The van der Waals surface area contributed by atoms with Crippen LogP contribution in [0.25, 0.3) is 0 Å². The first kappa shape index (κ1) is 16.3. The normalized spacial score (nSPS) is 27.7. The summed E-state index contributed by atoms with van der Waals surface area (Å²) in [5.74, 6) is -0.0120. The molecule has 128 valence electrons. The maximum Gasteiger partial charge on any atom is 0.325 e. The number of carbonyl (C=O) groups excluding carboxylic acids is 3. The zero-order chi connectivity index (χ0) is 16.6. The second-order valence-electron chi connectivity index (χ2n) is 7.48. The number of nitrogens with zero attached hydrogens (tertiary/aromatic N) is 2. The van der Waals surface area contributed by atoms with Gasteiger partial charge in [0, 0.05) is 19.0 Å². The second kappa shape index (κ2) is 6.13. The predicted octanol–water partition coefficient (Wildman–Crippen LogP) is 1.89. The summed E-state index contributed by atoms with van der Waals surface area (Å²) in [6.45, 7) is 4.87. The summed E-state index contributed by atoms with van der Waals surface area (Å²) in [6.07, 6.45) is 6.42. The molecule has 2 saturated heterocycles. The van der Waals surface area contributed by atoms with Crippen molar-refractivity contribution in [2.75, 3.05) is 13.1 Å². The van der Waals surface area contributed by atoms with Crippen molar-refractivity contribution in [2.45, 2.75) is 70.4 Å². The molecule has 3 aliphatic rings. The number of urea groups is 1. The number of nitrogens with one attached hydrogen (secondary N) is 1. The molecule has 3 fully saturated rings. The van der Waals surface area contributed by atoms with E-state index < -0.39 is 5.54 Å². The lowest BCUT2D eigenvalue weighted by Gasteiger charge is -2.27. The van der Waals surface area contributed by atoms with Crippen molar-refractivity contribution in [3.8, 4) is 0 Å². The first-order valence-electron chi connectivity index (χ1n) is 8.89. The zero-order valence-electron chi connectivity index (χ0n) is 14.1. The van der Waals surface area contributed by atoms with Crippen LogP contribution in [0.4, 0.5) is 4.79 Å². The quantitative estimate of drug-likeness (QED) is 0.790. The summed E-state index contributed by atoms with van der Waals surface area (Å²) >= 11 is 0. The van der Waals surface area contributed by atoms with Crippen LogP contribution in [-0.2, 0) is 9.59 Å². The summed E-state index contributed by atoms with van der Waals surface area (Å²) in [6, 6.07) is -0.437. The van der Waals surface area contributed by atoms with Crippen LogP contribution in [0, 0.1) is 5.92 Å². The molecule has 2 aliphatic heterocycles. The van der Waals surface area contributed by atoms with E-state index in [-0.39, 0.29) is 29.8 Å². The van der Waals surface area contributed by atoms with E-state index in [1.807, 2.05) is 13.8 Å². The van der Waals surface area contributed by atoms with Crippen LogP contribution in [0.15, 0.2) is 0 Å². The van der Waals surface area contributed by atoms with Crippen molar-refractivity contribution in [3.63, 3.8) is 0 Å². The van der Waals surface area contributed by atoms with Gasteiger partial charge in [0.25, 0.3) is 5.91 Å². The molecule has 0 bridgehead atoms. The highest BCUT2D eigenvalue weighted by Gasteiger charge is 2.53. The number of amides is 4. The zero-order valence-corrected chi connectivity index (χ0v) is 14.1. The molecule has 1 unspecified atom stereocenters. The van der Waals surface area contributed by atoms with Crippen molar-refractivity contribution in [2.24, 2.45) is 5.92 Å². The van der Waals surface area contributed by atoms with Crippen molar-refractivity contribution in [3.05, 3.63) is 0 Å². The fraction of sp³-hybridized carbons (Fsp3) is 0.824. The summed E-state index contributed by atoms with van der Waals surface area (Å²) < 4.78 is 0. The van der Waals surface area contributed by atoms with Gasteiger partial charge in [-0.1, -0.05) is 39.5 Å². The van der Waals surface area contributed by atoms with Gasteiger partial charge in [-0.3, -0.25) is 14.5 Å². The maximum absolute atomic E-state index is 13.0. The monoisotopic (exact) mass is 321 g/mol. The van der Waals surface area contributed by atoms with Gasteiger partial charge in [-0.15, -0.1) is 0 Å². The number of likely N-dealkylation sites (tertiary alicyclic amines) is 1. The second-order valence-corrected chi connectivity index (χ2v) is 7.48. The molecule has 1 aliphatic carbocycles. The molecule has 2 heterocycles. The van der Waals surface area contributed by atoms with Crippen molar-refractivity contribution >= 4 is 17.8 Å². The molecule has 6 heteroatoms. The van der Waals surface area contributed by atoms with Crippen LogP contribution < -0.4 is 5.32 Å². The van der Waals surface area contributed by atoms with Gasteiger partial charge >= 0.3 is 6.03 Å². The van der Waals surface area contributed by atoms with Crippen molar-refractivity contribution in [1.29, 1.82) is 0 Å². The van der Waals surface area contributed by atoms with Crippen LogP contribution >= 0.6 is 0 Å². The third-order valence-electron chi connectivity index (χ3n) is 5.48. The molecule has 1 N–H and O–H groups in total. The van der Waals surface area contributed by atoms with Crippen molar-refractivity contribution < 1.29 is 14.4 Å². The first-order valence-corrected chi connectivity index (χ1v) is 8.89. The fourth-order valence-corrected chi connectivity index (χ4v) is 4.16. The Labute approximate surface area is 137 Å². The number of carbonyl (C=O) groups is 3. The van der Waals surface area contributed by atoms with Gasteiger partial charge in [0.1, 0.15) is 5.54 Å². The minimum Gasteiger partial charge on any atom is -0.340 e. The summed E-state index contributed by atoms with van der Waals surface area (Å²) in [5, 5.41) is 2.99. The minimum atomic E-state index is -0.678. The van der Waals surface area contributed by atoms with Crippen LogP contribution in [-0.4, -0.2) is 52.3 Å². The van der Waals surface area contributed by atoms with Gasteiger partial charge in [-0.05, 0) is 19.3 Å². The first-order chi connectivity index (χ1) is 10.9. The molecule has 6 nitrogen and oxygen atoms in total. The molecule has 1 atom stereocenters. The lowest BCUT2D eigenvalue weighted by atomic mass is 9.90. The Morgan fingerprint density at radius 1 is 1.17 bits per heavy atom. The Hall–Kier alpha value is -1.59. The molecule has 1 spiro atoms. The number of rotatable bonds is 2. The third-order valence-corrected chi connectivity index (χ3v) is 5.48. The van der Waals surface area contributed by atoms with Crippen LogP contribution in [0.5, 0.6) is 0 Å². The molecule has 0 aromatic carbocycles. The fourth-order valence-electron chi connectivity index (χ4n) is 4.16. The molecule has 0 aromatic rings. The Bertz CT molecular complexity index is 509. The molecule has 23 heavy (non-hydrogen) atoms. The Kier molecular flexibility index (Phi) is 4.34. The summed E-state index contributed by atoms with van der Waals surface area (Å²) in [5.41, 5.74) is -0.678. The maximum atomic E-state index is 13.0. The van der Waals surface area contributed by atoms with Crippen molar-refractivity contribution in [1.82, 2.24) is 15.1 Å². The summed E-state index contributed by atoms with van der Waals surface area (Å²) in [4.78, 5) is 40.8. The Morgan fingerprint density at radius 3 is 2.43 bits per heavy atom. The van der Waals surface area contributed by atoms with E-state index in [0.29, 0.717) is 19.5 Å². The number of hydrogen-bond donors (Lipinski definition) is 1. The molecule has 0 aromatic heterocycles. The predicted molar refractivity (Wildman–Crippen MR) is 85.6 cm³/mol. The summed E-state index contributed by atoms with van der Waals surface area (Å²) in [7, 11) is 0. The molecular weight excluding hydrogens is 294 g/mol. The smallest absolute Gasteiger partial charge is 0.325 e. The topological polar surface area (TPSA) is 69.7 Å². The van der Waals surface area contributed by atoms with Gasteiger partial charge in [-0.2, -0.15) is 0 Å². The molecule has 3 rings (SSSR count). The highest BCUT2D eigenvalue weighted by Crippen LogP contribution is 2.34. The van der Waals surface area contributed by atoms with Gasteiger partial charge in [0.2, 0.25) is 5.91 Å². The highest BCUT2D eigenvalue weighted by molar-refractivity contribution is 6.07. The highest BCUT2D eigenvalue weighted by atomic mass is 16.2. The molecular formula is C17H27N3O3. The SMILES string of the molecule is CC(C)C(=O)N1CCC(N2C(=O)NC3(CCCCCC3)C2=O)C1. The van der Waals surface area contributed by atoms with E-state index in [9.17, 15) is 14.4 Å². The minimum absolute atomic E-state index is 0.0509. The van der Waals surface area contributed by atoms with Crippen LogP contribution in [0.2, 0.25) is 0 Å². The average Bonchev–Trinajstić information content (AvgIpc) is 2.96. The van der Waals surface area contributed by atoms with Gasteiger partial charge in [0.15, 0.2) is 0 Å². The molecule has 0 radical (unpaired) electrons. The average molecular weight is 321 g/mol. The van der Waals surface area contributed by atoms with E-state index in [1.54, 1.807) is 4.90 Å². The molecule has 1 saturated carbocycles. The Balaban J connectivity index is 1.72. The van der Waals surface area contributed by atoms with E-state index in [2.05, 4.69) is 5.32 Å². The van der Waals surface area contributed by atoms with Crippen LogP contribution in [0.1, 0.15) is 58.8 Å². The Morgan fingerprint density at radius 2 is 1.83 bits per heavy atom.